The Balaban J connectivity index is 1.09. The molecule has 2 saturated heterocycles. The van der Waals surface area contributed by atoms with E-state index in [1.807, 2.05) is 22.1 Å². The molecule has 2 aliphatic heterocycles. The van der Waals surface area contributed by atoms with Crippen LogP contribution in [-0.4, -0.2) is 65.9 Å². The monoisotopic (exact) mass is 660 g/mol. The van der Waals surface area contributed by atoms with Gasteiger partial charge >= 0.3 is 0 Å². The number of H-pyrrole nitrogens is 2. The quantitative estimate of drug-likeness (QED) is 0.149. The number of likely N-dealkylation sites (tertiary alicyclic amines) is 2. The van der Waals surface area contributed by atoms with Gasteiger partial charge in [-0.15, -0.1) is 0 Å². The van der Waals surface area contributed by atoms with Gasteiger partial charge in [0.05, 0.1) is 47.0 Å². The van der Waals surface area contributed by atoms with Gasteiger partial charge in [0.15, 0.2) is 0 Å². The lowest BCUT2D eigenvalue weighted by Crippen LogP contribution is -2.38. The molecule has 256 valence electrons. The molecule has 9 nitrogen and oxygen atoms in total. The molecule has 2 aliphatic rings. The summed E-state index contributed by atoms with van der Waals surface area (Å²) in [7, 11) is 0. The summed E-state index contributed by atoms with van der Waals surface area (Å²) >= 11 is 0. The highest BCUT2D eigenvalue weighted by Gasteiger charge is 2.37. The molecule has 4 heterocycles. The van der Waals surface area contributed by atoms with Crippen LogP contribution in [0.15, 0.2) is 60.8 Å². The van der Waals surface area contributed by atoms with E-state index in [1.54, 1.807) is 13.8 Å². The van der Waals surface area contributed by atoms with E-state index in [0.29, 0.717) is 12.5 Å². The minimum Gasteiger partial charge on any atom is -0.393 e. The Morgan fingerprint density at radius 1 is 0.816 bits per heavy atom. The van der Waals surface area contributed by atoms with E-state index in [2.05, 4.69) is 79.3 Å². The van der Waals surface area contributed by atoms with E-state index in [4.69, 9.17) is 9.97 Å². The topological polar surface area (TPSA) is 118 Å². The van der Waals surface area contributed by atoms with Crippen molar-refractivity contribution >= 4 is 33.6 Å². The number of imidazole rings is 2. The number of carbonyl (C=O) groups excluding carboxylic acids is 2. The molecule has 5 aromatic rings. The van der Waals surface area contributed by atoms with Crippen LogP contribution in [-0.2, 0) is 9.59 Å². The molecular weight excluding hydrogens is 612 g/mol. The van der Waals surface area contributed by atoms with Crippen molar-refractivity contribution in [3.8, 4) is 22.4 Å². The molecule has 0 bridgehead atoms. The number of hydrogen-bond acceptors (Lipinski definition) is 5. The Bertz CT molecular complexity index is 1990. The molecule has 0 saturated carbocycles. The van der Waals surface area contributed by atoms with E-state index in [-0.39, 0.29) is 29.8 Å². The zero-order valence-electron chi connectivity index (χ0n) is 29.2. The molecule has 5 atom stereocenters. The smallest absolute Gasteiger partial charge is 0.228 e. The highest BCUT2D eigenvalue weighted by molar-refractivity contribution is 5.92. The highest BCUT2D eigenvalue weighted by Crippen LogP contribution is 2.36. The first-order valence-corrected chi connectivity index (χ1v) is 18.0. The summed E-state index contributed by atoms with van der Waals surface area (Å²) in [5.41, 5.74) is 6.05. The highest BCUT2D eigenvalue weighted by atomic mass is 16.3. The third kappa shape index (κ3) is 6.25. The van der Waals surface area contributed by atoms with Crippen molar-refractivity contribution in [2.45, 2.75) is 84.9 Å². The molecule has 0 spiro atoms. The second-order valence-electron chi connectivity index (χ2n) is 14.5. The summed E-state index contributed by atoms with van der Waals surface area (Å²) in [6, 6.07) is 19.2. The molecular formula is C40H48N6O3. The average molecular weight is 661 g/mol. The van der Waals surface area contributed by atoms with E-state index in [1.165, 1.54) is 0 Å². The van der Waals surface area contributed by atoms with Crippen molar-refractivity contribution in [1.82, 2.24) is 29.7 Å². The van der Waals surface area contributed by atoms with Crippen molar-refractivity contribution in [3.05, 3.63) is 72.4 Å². The van der Waals surface area contributed by atoms with Crippen LogP contribution >= 0.6 is 0 Å². The zero-order valence-corrected chi connectivity index (χ0v) is 29.2. The van der Waals surface area contributed by atoms with Gasteiger partial charge in [0, 0.05) is 24.6 Å². The molecule has 0 aliphatic carbocycles. The van der Waals surface area contributed by atoms with Crippen LogP contribution in [0, 0.1) is 17.8 Å². The first kappa shape index (κ1) is 33.0. The molecule has 2 fully saturated rings. The first-order valence-electron chi connectivity index (χ1n) is 18.0. The summed E-state index contributed by atoms with van der Waals surface area (Å²) in [5, 5.41) is 12.3. The molecule has 0 unspecified atom stereocenters. The van der Waals surface area contributed by atoms with Gasteiger partial charge in [0.2, 0.25) is 11.8 Å². The lowest BCUT2D eigenvalue weighted by molar-refractivity contribution is -0.139. The Hall–Kier alpha value is -4.50. The van der Waals surface area contributed by atoms with Crippen molar-refractivity contribution in [1.29, 1.82) is 0 Å². The van der Waals surface area contributed by atoms with Crippen molar-refractivity contribution in [3.63, 3.8) is 0 Å². The van der Waals surface area contributed by atoms with Crippen LogP contribution in [0.4, 0.5) is 0 Å². The van der Waals surface area contributed by atoms with Crippen LogP contribution in [0.1, 0.15) is 90.5 Å². The Morgan fingerprint density at radius 2 is 1.43 bits per heavy atom. The summed E-state index contributed by atoms with van der Waals surface area (Å²) < 4.78 is 0. The predicted molar refractivity (Wildman–Crippen MR) is 193 cm³/mol. The van der Waals surface area contributed by atoms with Gasteiger partial charge in [0.1, 0.15) is 11.6 Å². The van der Waals surface area contributed by atoms with Crippen molar-refractivity contribution in [2.24, 2.45) is 17.8 Å². The van der Waals surface area contributed by atoms with Crippen molar-refractivity contribution in [2.75, 3.05) is 13.1 Å². The van der Waals surface area contributed by atoms with Crippen LogP contribution < -0.4 is 0 Å². The van der Waals surface area contributed by atoms with E-state index in [0.717, 1.165) is 94.5 Å². The molecule has 49 heavy (non-hydrogen) atoms. The number of aliphatic hydroxyl groups is 1. The normalized spacial score (nSPS) is 20.1. The second-order valence-corrected chi connectivity index (χ2v) is 14.5. The number of fused-ring (bicyclic) bond motifs is 2. The summed E-state index contributed by atoms with van der Waals surface area (Å²) in [6.45, 7) is 11.3. The summed E-state index contributed by atoms with van der Waals surface area (Å²) in [5.74, 6) is 1.83. The van der Waals surface area contributed by atoms with Crippen LogP contribution in [0.25, 0.3) is 44.2 Å². The lowest BCUT2D eigenvalue weighted by Gasteiger charge is -2.29. The Labute approximate surface area is 288 Å². The summed E-state index contributed by atoms with van der Waals surface area (Å²) in [6.07, 6.45) is 5.77. The number of aromatic amines is 2. The number of nitrogens with one attached hydrogen (secondary N) is 2. The number of amides is 2. The number of aromatic nitrogens is 4. The number of nitrogens with zero attached hydrogens (tertiary/aromatic N) is 4. The number of benzene rings is 3. The first-order chi connectivity index (χ1) is 23.6. The van der Waals surface area contributed by atoms with Crippen molar-refractivity contribution < 1.29 is 14.7 Å². The predicted octanol–water partition coefficient (Wildman–Crippen LogP) is 7.80. The Morgan fingerprint density at radius 3 is 2.10 bits per heavy atom. The third-order valence-electron chi connectivity index (χ3n) is 11.0. The molecule has 9 heteroatoms. The molecule has 2 amide bonds. The van der Waals surface area contributed by atoms with Crippen LogP contribution in [0.3, 0.4) is 0 Å². The fourth-order valence-corrected chi connectivity index (χ4v) is 7.85. The maximum absolute atomic E-state index is 13.4. The van der Waals surface area contributed by atoms with Gasteiger partial charge in [0.25, 0.3) is 0 Å². The van der Waals surface area contributed by atoms with Crippen LogP contribution in [0.5, 0.6) is 0 Å². The third-order valence-corrected chi connectivity index (χ3v) is 11.0. The van der Waals surface area contributed by atoms with Crippen LogP contribution in [0.2, 0.25) is 0 Å². The zero-order chi connectivity index (χ0) is 34.4. The molecule has 2 aromatic heterocycles. The van der Waals surface area contributed by atoms with Gasteiger partial charge in [-0.1, -0.05) is 58.0 Å². The summed E-state index contributed by atoms with van der Waals surface area (Å²) in [4.78, 5) is 47.1. The van der Waals surface area contributed by atoms with E-state index >= 15 is 0 Å². The number of carbonyl (C=O) groups is 2. The largest absolute Gasteiger partial charge is 0.393 e. The molecule has 3 aromatic carbocycles. The fraction of sp³-hybridized carbons (Fsp3) is 0.450. The van der Waals surface area contributed by atoms with Gasteiger partial charge in [-0.3, -0.25) is 9.59 Å². The van der Waals surface area contributed by atoms with E-state index < -0.39 is 12.0 Å². The second kappa shape index (κ2) is 13.4. The standard InChI is InChI=1S/C40H48N6O3/c1-6-31(23(2)3)40(49)46-18-7-9-35(46)37-41-22-34(44-37)30-14-13-26-19-27(11-12-28(26)20-30)29-15-16-32-33(21-29)43-38(42-32)36-10-8-17-45(36)39(48)24(4)25(5)47/h11-16,19-25,31,35-36,47H,6-10,17-18H2,1-5H3,(H,41,44)(H,42,43)/t24-,25+,31-,35-,36-/m0/s1. The van der Waals surface area contributed by atoms with Gasteiger partial charge in [-0.25, -0.2) is 9.97 Å². The molecule has 0 radical (unpaired) electrons. The fourth-order valence-electron chi connectivity index (χ4n) is 7.85. The SMILES string of the molecule is CC[C@H](C(=O)N1CCC[C@H]1c1ncc(-c2ccc3cc(-c4ccc5nc([C@@H]6CCCN6C(=O)[C@@H](C)[C@@H](C)O)[nH]c5c4)ccc3c2)[nH]1)C(C)C. The average Bonchev–Trinajstić information content (AvgIpc) is 3.92. The lowest BCUT2D eigenvalue weighted by atomic mass is 9.91. The molecule has 3 N–H and O–H groups in total. The molecule has 7 rings (SSSR count). The van der Waals surface area contributed by atoms with Gasteiger partial charge < -0.3 is 24.9 Å². The van der Waals surface area contributed by atoms with E-state index in [9.17, 15) is 14.7 Å². The minimum atomic E-state index is -0.687. The number of rotatable bonds is 9. The maximum Gasteiger partial charge on any atom is 0.228 e. The minimum absolute atomic E-state index is 0.00118. The van der Waals surface area contributed by atoms with Gasteiger partial charge in [-0.05, 0) is 91.1 Å². The van der Waals surface area contributed by atoms with Gasteiger partial charge in [-0.2, -0.15) is 0 Å². The maximum atomic E-state index is 13.4. The Kier molecular flexibility index (Phi) is 9.05. The number of aliphatic hydroxyl groups excluding tert-OH is 1. The number of hydrogen-bond donors (Lipinski definition) is 3.